The average molecular weight is 552 g/mol. The third-order valence-electron chi connectivity index (χ3n) is 8.13. The summed E-state index contributed by atoms with van der Waals surface area (Å²) >= 11 is 0. The van der Waals surface area contributed by atoms with Crippen molar-refractivity contribution >= 4 is 28.8 Å². The summed E-state index contributed by atoms with van der Waals surface area (Å²) in [4.78, 5) is 37.1. The van der Waals surface area contributed by atoms with Crippen molar-refractivity contribution in [2.75, 3.05) is 49.6 Å². The van der Waals surface area contributed by atoms with Crippen molar-refractivity contribution in [1.82, 2.24) is 24.4 Å². The van der Waals surface area contributed by atoms with Crippen LogP contribution in [0.1, 0.15) is 47.1 Å². The first-order valence-corrected chi connectivity index (χ1v) is 13.6. The Balaban J connectivity index is 1.31. The van der Waals surface area contributed by atoms with Crippen LogP contribution in [-0.4, -0.2) is 105 Å². The quantitative estimate of drug-likeness (QED) is 0.458. The third-order valence-corrected chi connectivity index (χ3v) is 8.13. The van der Waals surface area contributed by atoms with Crippen molar-refractivity contribution < 1.29 is 23.8 Å². The summed E-state index contributed by atoms with van der Waals surface area (Å²) in [5, 5.41) is 17.4. The van der Waals surface area contributed by atoms with Crippen LogP contribution in [0.4, 0.5) is 15.8 Å². The number of piperazine rings is 1. The van der Waals surface area contributed by atoms with Gasteiger partial charge in [0.1, 0.15) is 11.7 Å². The van der Waals surface area contributed by atoms with E-state index >= 15 is 0 Å². The molecule has 2 amide bonds. The predicted molar refractivity (Wildman–Crippen MR) is 146 cm³/mol. The molecule has 3 aromatic rings. The maximum absolute atomic E-state index is 14.7. The molecule has 2 aromatic heterocycles. The number of carbonyl (C=O) groups excluding carboxylic acids is 2. The van der Waals surface area contributed by atoms with Crippen LogP contribution in [0, 0.1) is 0 Å². The maximum atomic E-state index is 14.7. The van der Waals surface area contributed by atoms with E-state index < -0.39 is 11.8 Å². The summed E-state index contributed by atoms with van der Waals surface area (Å²) in [6.07, 6.45) is 3.21. The van der Waals surface area contributed by atoms with Gasteiger partial charge in [0, 0.05) is 50.2 Å². The highest BCUT2D eigenvalue weighted by atomic mass is 19.1. The molecule has 2 fully saturated rings. The molecule has 3 aliphatic rings. The van der Waals surface area contributed by atoms with Crippen molar-refractivity contribution in [3.8, 4) is 0 Å². The fraction of sp³-hybridized carbons (Fsp3) is 0.500. The van der Waals surface area contributed by atoms with E-state index in [1.807, 2.05) is 12.1 Å². The molecule has 0 bridgehead atoms. The lowest BCUT2D eigenvalue weighted by atomic mass is 10.0. The molecule has 0 saturated carbocycles. The molecular weight excluding hydrogens is 517 g/mol. The zero-order valence-corrected chi connectivity index (χ0v) is 22.9. The topological polar surface area (TPSA) is 116 Å². The van der Waals surface area contributed by atoms with Crippen LogP contribution < -0.4 is 10.2 Å². The van der Waals surface area contributed by atoms with E-state index in [0.29, 0.717) is 47.2 Å². The Bertz CT molecular complexity index is 1450. The van der Waals surface area contributed by atoms with E-state index in [9.17, 15) is 19.1 Å². The summed E-state index contributed by atoms with van der Waals surface area (Å²) in [5.41, 5.74) is 1.69. The van der Waals surface area contributed by atoms with E-state index in [4.69, 9.17) is 4.74 Å². The van der Waals surface area contributed by atoms with Crippen LogP contribution in [0.2, 0.25) is 0 Å². The van der Waals surface area contributed by atoms with Crippen molar-refractivity contribution in [1.29, 1.82) is 0 Å². The van der Waals surface area contributed by atoms with Gasteiger partial charge in [0.15, 0.2) is 5.65 Å². The molecule has 6 rings (SSSR count). The van der Waals surface area contributed by atoms with Crippen molar-refractivity contribution in [2.24, 2.45) is 0 Å². The molecule has 212 valence electrons. The van der Waals surface area contributed by atoms with Crippen LogP contribution in [0.3, 0.4) is 0 Å². The Morgan fingerprint density at radius 2 is 2.10 bits per heavy atom. The highest BCUT2D eigenvalue weighted by Crippen LogP contribution is 2.37. The molecule has 2 N–H and O–H groups in total. The largest absolute Gasteiger partial charge is 0.387 e. The lowest BCUT2D eigenvalue weighted by Crippen LogP contribution is -2.60. The Hall–Kier alpha value is -3.61. The maximum Gasteiger partial charge on any atom is 0.261 e. The second-order valence-corrected chi connectivity index (χ2v) is 11.5. The zero-order valence-electron chi connectivity index (χ0n) is 22.9. The van der Waals surface area contributed by atoms with Crippen molar-refractivity contribution in [2.45, 2.75) is 51.2 Å². The minimum absolute atomic E-state index is 0.192. The van der Waals surface area contributed by atoms with Crippen molar-refractivity contribution in [3.63, 3.8) is 0 Å². The number of nitrogens with one attached hydrogen (secondary N) is 1. The van der Waals surface area contributed by atoms with E-state index in [2.05, 4.69) is 32.1 Å². The minimum atomic E-state index is -1.60. The lowest BCUT2D eigenvalue weighted by molar-refractivity contribution is -0.0792. The highest BCUT2D eigenvalue weighted by Gasteiger charge is 2.37. The van der Waals surface area contributed by atoms with Gasteiger partial charge in [-0.3, -0.25) is 14.5 Å². The van der Waals surface area contributed by atoms with Crippen LogP contribution in [-0.2, 0) is 11.3 Å². The predicted octanol–water partition coefficient (Wildman–Crippen LogP) is 1.96. The summed E-state index contributed by atoms with van der Waals surface area (Å²) in [6, 6.07) is 6.02. The van der Waals surface area contributed by atoms with Crippen LogP contribution >= 0.6 is 0 Å². The molecule has 12 heteroatoms. The Kier molecular flexibility index (Phi) is 6.71. The van der Waals surface area contributed by atoms with E-state index in [-0.39, 0.29) is 30.9 Å². The summed E-state index contributed by atoms with van der Waals surface area (Å²) in [5.74, 6) is -0.647. The molecule has 3 aliphatic heterocycles. The fourth-order valence-electron chi connectivity index (χ4n) is 5.66. The first-order chi connectivity index (χ1) is 19.1. The molecule has 1 aromatic carbocycles. The molecule has 0 spiro atoms. The number of anilines is 2. The molecule has 0 radical (unpaired) electrons. The van der Waals surface area contributed by atoms with Crippen molar-refractivity contribution in [3.05, 3.63) is 53.5 Å². The number of aliphatic hydroxyl groups is 1. The number of carbonyl (C=O) groups is 2. The first-order valence-electron chi connectivity index (χ1n) is 13.6. The van der Waals surface area contributed by atoms with Crippen LogP contribution in [0.15, 0.2) is 36.8 Å². The number of hydrogen-bond acceptors (Lipinski definition) is 8. The molecule has 5 heterocycles. The number of alkyl halides is 1. The van der Waals surface area contributed by atoms with Gasteiger partial charge in [-0.25, -0.2) is 13.9 Å². The fourth-order valence-corrected chi connectivity index (χ4v) is 5.66. The number of ether oxygens (including phenoxy) is 1. The van der Waals surface area contributed by atoms with E-state index in [0.717, 1.165) is 25.4 Å². The summed E-state index contributed by atoms with van der Waals surface area (Å²) < 4.78 is 21.6. The SMILES string of the molecule is C[C@H]1CN(c2cc3c(cc2NC(=O)c2cnn4cccnc24)CN(CC(F)C(C)(C)O)C3=O)CCN1C1COC1. The van der Waals surface area contributed by atoms with Gasteiger partial charge in [-0.2, -0.15) is 5.10 Å². The average Bonchev–Trinajstić information content (AvgIpc) is 3.44. The molecule has 1 unspecified atom stereocenters. The Morgan fingerprint density at radius 3 is 2.80 bits per heavy atom. The van der Waals surface area contributed by atoms with E-state index in [1.165, 1.54) is 29.5 Å². The Morgan fingerprint density at radius 1 is 1.30 bits per heavy atom. The molecule has 0 aliphatic carbocycles. The molecule has 2 atom stereocenters. The smallest absolute Gasteiger partial charge is 0.261 e. The van der Waals surface area contributed by atoms with Gasteiger partial charge in [-0.05, 0) is 44.5 Å². The number of fused-ring (bicyclic) bond motifs is 2. The Labute approximate surface area is 231 Å². The summed E-state index contributed by atoms with van der Waals surface area (Å²) in [7, 11) is 0. The van der Waals surface area contributed by atoms with E-state index in [1.54, 1.807) is 18.5 Å². The molecule has 11 nitrogen and oxygen atoms in total. The summed E-state index contributed by atoms with van der Waals surface area (Å²) in [6.45, 7) is 8.65. The van der Waals surface area contributed by atoms with Gasteiger partial charge in [-0.15, -0.1) is 0 Å². The first kappa shape index (κ1) is 26.6. The van der Waals surface area contributed by atoms with Crippen LogP contribution in [0.5, 0.6) is 0 Å². The van der Waals surface area contributed by atoms with Crippen LogP contribution in [0.25, 0.3) is 5.65 Å². The standard InChI is InChI=1S/C28H34FN7O4/c1-17-12-33(7-8-35(17)19-15-40-16-19)23-10-20-18(13-34(27(20)38)14-24(29)28(2,3)39)9-22(23)32-26(37)21-11-31-36-6-4-5-30-25(21)36/h4-6,9-11,17,19,24,39H,7-8,12-16H2,1-3H3,(H,32,37)/t17-,24?/m0/s1. The number of amides is 2. The molecule has 2 saturated heterocycles. The van der Waals surface area contributed by atoms with Gasteiger partial charge in [0.25, 0.3) is 11.8 Å². The van der Waals surface area contributed by atoms with Gasteiger partial charge >= 0.3 is 0 Å². The third kappa shape index (κ3) is 4.80. The van der Waals surface area contributed by atoms with Gasteiger partial charge in [0.05, 0.1) is 49.0 Å². The second-order valence-electron chi connectivity index (χ2n) is 11.5. The number of aromatic nitrogens is 3. The lowest BCUT2D eigenvalue weighted by Gasteiger charge is -2.47. The molecule has 40 heavy (non-hydrogen) atoms. The number of nitrogens with zero attached hydrogens (tertiary/aromatic N) is 6. The zero-order chi connectivity index (χ0) is 28.2. The van der Waals surface area contributed by atoms with Gasteiger partial charge in [0.2, 0.25) is 0 Å². The number of rotatable bonds is 7. The monoisotopic (exact) mass is 551 g/mol. The highest BCUT2D eigenvalue weighted by molar-refractivity contribution is 6.10. The number of hydrogen-bond donors (Lipinski definition) is 2. The number of benzene rings is 1. The normalized spacial score (nSPS) is 21.0. The minimum Gasteiger partial charge on any atom is -0.387 e. The van der Waals surface area contributed by atoms with Gasteiger partial charge < -0.3 is 25.0 Å². The second kappa shape index (κ2) is 10.1. The number of halogens is 1. The van der Waals surface area contributed by atoms with Gasteiger partial charge in [-0.1, -0.05) is 0 Å². The molecular formula is C28H34FN7O4.